The fourth-order valence-corrected chi connectivity index (χ4v) is 5.05. The molecule has 1 N–H and O–H groups in total. The van der Waals surface area contributed by atoms with Crippen LogP contribution in [0, 0.1) is 0 Å². The van der Waals surface area contributed by atoms with Gasteiger partial charge >= 0.3 is 0 Å². The molecule has 0 atom stereocenters. The van der Waals surface area contributed by atoms with E-state index in [1.807, 2.05) is 34.9 Å². The second-order valence-electron chi connectivity index (χ2n) is 7.97. The van der Waals surface area contributed by atoms with Crippen LogP contribution in [-0.4, -0.2) is 49.0 Å². The van der Waals surface area contributed by atoms with E-state index in [2.05, 4.69) is 79.4 Å². The normalized spacial score (nSPS) is 14.2. The van der Waals surface area contributed by atoms with Crippen molar-refractivity contribution in [3.63, 3.8) is 0 Å². The third kappa shape index (κ3) is 5.13. The molecule has 5 rings (SSSR count). The second-order valence-corrected chi connectivity index (χ2v) is 9.04. The standard InChI is InChI=1S/C25H25N7S/c1-26-15-24(13-19-4-2-5-23(12-19)32-10-3-9-29-32)33-18-31-11-8-20-6-7-21(14-22(20)16-31)25-27-17-28-30-25/h2-7,9-10,12,14-15,17H,1,8,11,13,16,18H2,(H,27,28,30)/b24-15-. The zero-order chi connectivity index (χ0) is 22.5. The highest BCUT2D eigenvalue weighted by Gasteiger charge is 2.18. The Hall–Kier alpha value is -3.49. The molecule has 0 unspecified atom stereocenters. The number of benzene rings is 2. The monoisotopic (exact) mass is 455 g/mol. The molecule has 33 heavy (non-hydrogen) atoms. The summed E-state index contributed by atoms with van der Waals surface area (Å²) in [5.41, 5.74) is 6.14. The van der Waals surface area contributed by atoms with Crippen molar-refractivity contribution in [2.75, 3.05) is 12.4 Å². The molecule has 8 heteroatoms. The number of H-pyrrole nitrogens is 1. The lowest BCUT2D eigenvalue weighted by Gasteiger charge is -2.29. The van der Waals surface area contributed by atoms with Crippen LogP contribution in [0.3, 0.4) is 0 Å². The largest absolute Gasteiger partial charge is 0.289 e. The summed E-state index contributed by atoms with van der Waals surface area (Å²) in [6.07, 6.45) is 9.05. The number of hydrogen-bond acceptors (Lipinski definition) is 6. The van der Waals surface area contributed by atoms with Crippen LogP contribution in [0.25, 0.3) is 17.1 Å². The minimum Gasteiger partial charge on any atom is -0.289 e. The molecule has 1 aliphatic rings. The summed E-state index contributed by atoms with van der Waals surface area (Å²) in [5, 5.41) is 11.3. The minimum atomic E-state index is 0.809. The van der Waals surface area contributed by atoms with Crippen molar-refractivity contribution in [2.24, 2.45) is 4.99 Å². The van der Waals surface area contributed by atoms with E-state index in [0.29, 0.717) is 0 Å². The van der Waals surface area contributed by atoms with Gasteiger partial charge in [-0.15, -0.1) is 11.8 Å². The van der Waals surface area contributed by atoms with E-state index in [1.165, 1.54) is 21.6 Å². The van der Waals surface area contributed by atoms with Gasteiger partial charge in [0, 0.05) is 54.4 Å². The average Bonchev–Trinajstić information content (AvgIpc) is 3.57. The molecule has 0 aliphatic carbocycles. The first-order chi connectivity index (χ1) is 16.3. The molecule has 2 aromatic heterocycles. The van der Waals surface area contributed by atoms with Gasteiger partial charge in [-0.2, -0.15) is 10.2 Å². The van der Waals surface area contributed by atoms with Gasteiger partial charge in [-0.1, -0.05) is 24.3 Å². The Bertz CT molecular complexity index is 1250. The van der Waals surface area contributed by atoms with E-state index < -0.39 is 0 Å². The lowest BCUT2D eigenvalue weighted by molar-refractivity contribution is 0.300. The zero-order valence-electron chi connectivity index (χ0n) is 18.3. The van der Waals surface area contributed by atoms with Crippen molar-refractivity contribution >= 4 is 18.5 Å². The van der Waals surface area contributed by atoms with Crippen LogP contribution in [0.4, 0.5) is 0 Å². The maximum Gasteiger partial charge on any atom is 0.155 e. The lowest BCUT2D eigenvalue weighted by atomic mass is 9.97. The minimum absolute atomic E-state index is 0.809. The van der Waals surface area contributed by atoms with Gasteiger partial charge in [-0.05, 0) is 54.1 Å². The molecular weight excluding hydrogens is 430 g/mol. The van der Waals surface area contributed by atoms with E-state index in [-0.39, 0.29) is 0 Å². The number of nitrogens with one attached hydrogen (secondary N) is 1. The Morgan fingerprint density at radius 3 is 2.97 bits per heavy atom. The fraction of sp³-hybridized carbons (Fsp3) is 0.200. The van der Waals surface area contributed by atoms with Crippen LogP contribution in [0.5, 0.6) is 0 Å². The van der Waals surface area contributed by atoms with Crippen LogP contribution in [0.1, 0.15) is 16.7 Å². The predicted octanol–water partition coefficient (Wildman–Crippen LogP) is 4.49. The number of aromatic amines is 1. The maximum atomic E-state index is 4.33. The van der Waals surface area contributed by atoms with Crippen LogP contribution in [-0.2, 0) is 19.4 Å². The third-order valence-electron chi connectivity index (χ3n) is 5.71. The van der Waals surface area contributed by atoms with E-state index >= 15 is 0 Å². The molecule has 0 radical (unpaired) electrons. The molecule has 0 spiro atoms. The number of aromatic nitrogens is 5. The molecule has 0 amide bonds. The second kappa shape index (κ2) is 9.97. The topological polar surface area (TPSA) is 75.0 Å². The van der Waals surface area contributed by atoms with Gasteiger partial charge in [0.2, 0.25) is 0 Å². The Morgan fingerprint density at radius 2 is 2.15 bits per heavy atom. The molecule has 0 saturated heterocycles. The van der Waals surface area contributed by atoms with Gasteiger partial charge in [0.1, 0.15) is 6.33 Å². The first-order valence-corrected chi connectivity index (χ1v) is 11.8. The maximum absolute atomic E-state index is 4.33. The van der Waals surface area contributed by atoms with Crippen LogP contribution in [0.15, 0.2) is 83.3 Å². The Balaban J connectivity index is 1.24. The lowest BCUT2D eigenvalue weighted by Crippen LogP contribution is -2.30. The number of hydrogen-bond donors (Lipinski definition) is 1. The highest BCUT2D eigenvalue weighted by Crippen LogP contribution is 2.28. The Kier molecular flexibility index (Phi) is 6.46. The summed E-state index contributed by atoms with van der Waals surface area (Å²) in [7, 11) is 0. The van der Waals surface area contributed by atoms with Crippen molar-refractivity contribution in [1.29, 1.82) is 0 Å². The zero-order valence-corrected chi connectivity index (χ0v) is 19.1. The molecule has 4 aromatic rings. The number of allylic oxidation sites excluding steroid dienone is 1. The fourth-order valence-electron chi connectivity index (χ4n) is 4.06. The summed E-state index contributed by atoms with van der Waals surface area (Å²) in [5.74, 6) is 1.72. The van der Waals surface area contributed by atoms with Gasteiger partial charge < -0.3 is 0 Å². The van der Waals surface area contributed by atoms with E-state index in [1.54, 1.807) is 12.5 Å². The molecule has 166 valence electrons. The van der Waals surface area contributed by atoms with Gasteiger partial charge in [-0.25, -0.2) is 9.67 Å². The molecule has 0 saturated carbocycles. The number of thioether (sulfide) groups is 1. The summed E-state index contributed by atoms with van der Waals surface area (Å²) in [6, 6.07) is 17.0. The van der Waals surface area contributed by atoms with Crippen molar-refractivity contribution in [3.8, 4) is 17.1 Å². The predicted molar refractivity (Wildman–Crippen MR) is 133 cm³/mol. The van der Waals surface area contributed by atoms with E-state index in [9.17, 15) is 0 Å². The highest BCUT2D eigenvalue weighted by molar-refractivity contribution is 8.03. The number of aliphatic imine (C=N–C) groups is 1. The van der Waals surface area contributed by atoms with Gasteiger partial charge in [0.05, 0.1) is 5.69 Å². The average molecular weight is 456 g/mol. The first-order valence-electron chi connectivity index (χ1n) is 10.8. The third-order valence-corrected chi connectivity index (χ3v) is 6.83. The number of fused-ring (bicyclic) bond motifs is 1. The van der Waals surface area contributed by atoms with Crippen molar-refractivity contribution in [3.05, 3.63) is 95.0 Å². The van der Waals surface area contributed by atoms with Gasteiger partial charge in [0.25, 0.3) is 0 Å². The summed E-state index contributed by atoms with van der Waals surface area (Å²) >= 11 is 1.83. The van der Waals surface area contributed by atoms with Crippen LogP contribution < -0.4 is 0 Å². The molecule has 2 aromatic carbocycles. The molecule has 0 fully saturated rings. The van der Waals surface area contributed by atoms with Crippen LogP contribution in [0.2, 0.25) is 0 Å². The van der Waals surface area contributed by atoms with Crippen LogP contribution >= 0.6 is 11.8 Å². The smallest absolute Gasteiger partial charge is 0.155 e. The Labute approximate surface area is 197 Å². The molecule has 0 bridgehead atoms. The van der Waals surface area contributed by atoms with Gasteiger partial charge in [0.15, 0.2) is 5.82 Å². The molecular formula is C25H25N7S. The summed E-state index contributed by atoms with van der Waals surface area (Å²) < 4.78 is 1.88. The van der Waals surface area contributed by atoms with Crippen molar-refractivity contribution in [2.45, 2.75) is 19.4 Å². The summed E-state index contributed by atoms with van der Waals surface area (Å²) in [4.78, 5) is 12.0. The quantitative estimate of drug-likeness (QED) is 0.396. The summed E-state index contributed by atoms with van der Waals surface area (Å²) in [6.45, 7) is 5.65. The number of nitrogens with zero attached hydrogens (tertiary/aromatic N) is 6. The SMILES string of the molecule is C=N/C=C(/Cc1cccc(-n2cccn2)c1)SCN1CCc2ccc(-c3ncn[nH]3)cc2C1. The van der Waals surface area contributed by atoms with Crippen molar-refractivity contribution in [1.82, 2.24) is 29.9 Å². The van der Waals surface area contributed by atoms with Crippen molar-refractivity contribution < 1.29 is 0 Å². The molecule has 3 heterocycles. The van der Waals surface area contributed by atoms with E-state index in [4.69, 9.17) is 0 Å². The number of rotatable bonds is 8. The Morgan fingerprint density at radius 1 is 1.18 bits per heavy atom. The first kappa shape index (κ1) is 21.4. The molecule has 7 nitrogen and oxygen atoms in total. The molecule has 1 aliphatic heterocycles. The highest BCUT2D eigenvalue weighted by atomic mass is 32.2. The van der Waals surface area contributed by atoms with Gasteiger partial charge in [-0.3, -0.25) is 15.0 Å². The van der Waals surface area contributed by atoms with E-state index in [0.717, 1.165) is 48.9 Å².